The molecule has 1 aliphatic heterocycles. The maximum absolute atomic E-state index is 12.5. The van der Waals surface area contributed by atoms with E-state index >= 15 is 0 Å². The maximum atomic E-state index is 12.5. The Balaban J connectivity index is 2.02. The van der Waals surface area contributed by atoms with E-state index in [2.05, 4.69) is 5.32 Å². The minimum atomic E-state index is -4.30. The number of carbonyl (C=O) groups excluding carboxylic acids is 1. The Morgan fingerprint density at radius 3 is 2.24 bits per heavy atom. The molecule has 1 amide bonds. The number of rotatable bonds is 3. The predicted octanol–water partition coefficient (Wildman–Crippen LogP) is 1.54. The number of carbonyl (C=O) groups is 1. The van der Waals surface area contributed by atoms with Gasteiger partial charge in [0, 0.05) is 12.0 Å². The zero-order chi connectivity index (χ0) is 12.5. The van der Waals surface area contributed by atoms with Crippen LogP contribution in [0.5, 0.6) is 0 Å². The molecule has 1 saturated carbocycles. The average Bonchev–Trinajstić information content (AvgIpc) is 3.09. The molecule has 6 heteroatoms. The van der Waals surface area contributed by atoms with Crippen molar-refractivity contribution in [3.05, 3.63) is 0 Å². The molecule has 2 aliphatic rings. The number of halogens is 3. The summed E-state index contributed by atoms with van der Waals surface area (Å²) in [5.41, 5.74) is 0. The Kier molecular flexibility index (Phi) is 3.61. The summed E-state index contributed by atoms with van der Waals surface area (Å²) in [5.74, 6) is -0.443. The number of amides is 1. The first kappa shape index (κ1) is 12.7. The van der Waals surface area contributed by atoms with Crippen LogP contribution in [0.25, 0.3) is 0 Å². The Morgan fingerprint density at radius 2 is 1.76 bits per heavy atom. The monoisotopic (exact) mass is 250 g/mol. The van der Waals surface area contributed by atoms with Crippen molar-refractivity contribution in [2.75, 3.05) is 19.6 Å². The smallest absolute Gasteiger partial charge is 0.330 e. The van der Waals surface area contributed by atoms with Crippen molar-refractivity contribution in [3.8, 4) is 0 Å². The summed E-state index contributed by atoms with van der Waals surface area (Å²) in [7, 11) is 0. The number of hydrogen-bond donors (Lipinski definition) is 1. The molecule has 3 nitrogen and oxygen atoms in total. The summed E-state index contributed by atoms with van der Waals surface area (Å²) in [4.78, 5) is 13.0. The standard InChI is InChI=1S/C11H17F3N2O/c12-11(13,14)7-16(10(17)8-1-2-8)9-3-5-15-6-4-9/h8-9,15H,1-7H2. The summed E-state index contributed by atoms with van der Waals surface area (Å²) < 4.78 is 37.5. The second kappa shape index (κ2) is 4.84. The van der Waals surface area contributed by atoms with Gasteiger partial charge in [0.2, 0.25) is 5.91 Å². The Bertz CT molecular complexity index is 283. The molecule has 0 aromatic heterocycles. The molecule has 0 bridgehead atoms. The molecule has 2 fully saturated rings. The van der Waals surface area contributed by atoms with Gasteiger partial charge in [-0.15, -0.1) is 0 Å². The van der Waals surface area contributed by atoms with E-state index in [4.69, 9.17) is 0 Å². The highest BCUT2D eigenvalue weighted by molar-refractivity contribution is 5.81. The first-order chi connectivity index (χ1) is 7.97. The van der Waals surface area contributed by atoms with Crippen molar-refractivity contribution in [1.82, 2.24) is 10.2 Å². The van der Waals surface area contributed by atoms with Crippen LogP contribution >= 0.6 is 0 Å². The topological polar surface area (TPSA) is 32.3 Å². The number of hydrogen-bond acceptors (Lipinski definition) is 2. The lowest BCUT2D eigenvalue weighted by Gasteiger charge is -2.35. The summed E-state index contributed by atoms with van der Waals surface area (Å²) in [6.07, 6.45) is -1.56. The molecule has 0 spiro atoms. The van der Waals surface area contributed by atoms with Gasteiger partial charge in [-0.2, -0.15) is 13.2 Å². The number of nitrogens with zero attached hydrogens (tertiary/aromatic N) is 1. The van der Waals surface area contributed by atoms with Crippen LogP contribution in [-0.2, 0) is 4.79 Å². The van der Waals surface area contributed by atoms with Crippen LogP contribution in [0.1, 0.15) is 25.7 Å². The van der Waals surface area contributed by atoms with E-state index in [1.54, 1.807) is 0 Å². The molecule has 17 heavy (non-hydrogen) atoms. The summed E-state index contributed by atoms with van der Waals surface area (Å²) in [6.45, 7) is 0.293. The Morgan fingerprint density at radius 1 is 1.18 bits per heavy atom. The lowest BCUT2D eigenvalue weighted by atomic mass is 10.0. The average molecular weight is 250 g/mol. The molecule has 1 heterocycles. The Labute approximate surface area is 98.3 Å². The van der Waals surface area contributed by atoms with Gasteiger partial charge < -0.3 is 10.2 Å². The normalized spacial score (nSPS) is 22.5. The molecule has 0 aromatic rings. The third kappa shape index (κ3) is 3.59. The first-order valence-corrected chi connectivity index (χ1v) is 6.05. The second-order valence-corrected chi connectivity index (χ2v) is 4.84. The highest BCUT2D eigenvalue weighted by Gasteiger charge is 2.41. The zero-order valence-electron chi connectivity index (χ0n) is 9.59. The molecular formula is C11H17F3N2O. The third-order valence-corrected chi connectivity index (χ3v) is 3.31. The third-order valence-electron chi connectivity index (χ3n) is 3.31. The Hall–Kier alpha value is -0.780. The highest BCUT2D eigenvalue weighted by Crippen LogP contribution is 2.33. The van der Waals surface area contributed by atoms with Crippen LogP contribution in [0.3, 0.4) is 0 Å². The number of nitrogens with one attached hydrogen (secondary N) is 1. The van der Waals surface area contributed by atoms with Crippen molar-refractivity contribution in [2.45, 2.75) is 37.9 Å². The minimum absolute atomic E-state index is 0.146. The van der Waals surface area contributed by atoms with E-state index < -0.39 is 12.7 Å². The van der Waals surface area contributed by atoms with Gasteiger partial charge in [-0.25, -0.2) is 0 Å². The van der Waals surface area contributed by atoms with Gasteiger partial charge >= 0.3 is 6.18 Å². The van der Waals surface area contributed by atoms with Crippen molar-refractivity contribution in [2.24, 2.45) is 5.92 Å². The molecule has 1 N–H and O–H groups in total. The summed E-state index contributed by atoms with van der Waals surface area (Å²) in [6, 6.07) is -0.244. The van der Waals surface area contributed by atoms with Gasteiger partial charge in [-0.05, 0) is 38.8 Å². The van der Waals surface area contributed by atoms with Gasteiger partial charge in [-0.3, -0.25) is 4.79 Å². The molecule has 0 radical (unpaired) electrons. The quantitative estimate of drug-likeness (QED) is 0.824. The van der Waals surface area contributed by atoms with E-state index in [0.29, 0.717) is 25.9 Å². The lowest BCUT2D eigenvalue weighted by molar-refractivity contribution is -0.167. The minimum Gasteiger partial charge on any atom is -0.330 e. The maximum Gasteiger partial charge on any atom is 0.406 e. The SMILES string of the molecule is O=C(C1CC1)N(CC(F)(F)F)C1CCNCC1. The molecule has 0 atom stereocenters. The van der Waals surface area contributed by atoms with E-state index in [1.807, 2.05) is 0 Å². The molecule has 0 unspecified atom stereocenters. The fourth-order valence-corrected chi connectivity index (χ4v) is 2.26. The van der Waals surface area contributed by atoms with E-state index in [-0.39, 0.29) is 17.9 Å². The zero-order valence-corrected chi connectivity index (χ0v) is 9.59. The fourth-order valence-electron chi connectivity index (χ4n) is 2.26. The fraction of sp³-hybridized carbons (Fsp3) is 0.909. The first-order valence-electron chi connectivity index (χ1n) is 6.05. The van der Waals surface area contributed by atoms with Crippen molar-refractivity contribution >= 4 is 5.91 Å². The van der Waals surface area contributed by atoms with Gasteiger partial charge in [-0.1, -0.05) is 0 Å². The number of alkyl halides is 3. The van der Waals surface area contributed by atoms with Crippen molar-refractivity contribution in [3.63, 3.8) is 0 Å². The van der Waals surface area contributed by atoms with Crippen molar-refractivity contribution < 1.29 is 18.0 Å². The van der Waals surface area contributed by atoms with E-state index in [1.165, 1.54) is 0 Å². The van der Waals surface area contributed by atoms with E-state index in [9.17, 15) is 18.0 Å². The number of piperidine rings is 1. The highest BCUT2D eigenvalue weighted by atomic mass is 19.4. The molecule has 98 valence electrons. The lowest BCUT2D eigenvalue weighted by Crippen LogP contribution is -2.50. The molecular weight excluding hydrogens is 233 g/mol. The van der Waals surface area contributed by atoms with Crippen LogP contribution in [0, 0.1) is 5.92 Å². The molecule has 1 aliphatic carbocycles. The summed E-state index contributed by atoms with van der Waals surface area (Å²) >= 11 is 0. The van der Waals surface area contributed by atoms with Gasteiger partial charge in [0.05, 0.1) is 0 Å². The van der Waals surface area contributed by atoms with Crippen LogP contribution in [0.2, 0.25) is 0 Å². The van der Waals surface area contributed by atoms with Gasteiger partial charge in [0.15, 0.2) is 0 Å². The molecule has 0 aromatic carbocycles. The van der Waals surface area contributed by atoms with Crippen LogP contribution in [0.15, 0.2) is 0 Å². The van der Waals surface area contributed by atoms with Crippen LogP contribution in [-0.4, -0.2) is 42.7 Å². The van der Waals surface area contributed by atoms with E-state index in [0.717, 1.165) is 17.7 Å². The van der Waals surface area contributed by atoms with Crippen molar-refractivity contribution in [1.29, 1.82) is 0 Å². The summed E-state index contributed by atoms with van der Waals surface area (Å²) in [5, 5.41) is 3.10. The molecule has 2 rings (SSSR count). The van der Waals surface area contributed by atoms with Crippen LogP contribution in [0.4, 0.5) is 13.2 Å². The van der Waals surface area contributed by atoms with Crippen LogP contribution < -0.4 is 5.32 Å². The largest absolute Gasteiger partial charge is 0.406 e. The van der Waals surface area contributed by atoms with Gasteiger partial charge in [0.25, 0.3) is 0 Å². The van der Waals surface area contributed by atoms with Gasteiger partial charge in [0.1, 0.15) is 6.54 Å². The predicted molar refractivity (Wildman–Crippen MR) is 56.4 cm³/mol. The molecule has 1 saturated heterocycles. The second-order valence-electron chi connectivity index (χ2n) is 4.84.